The van der Waals surface area contributed by atoms with E-state index in [9.17, 15) is 0 Å². The summed E-state index contributed by atoms with van der Waals surface area (Å²) in [6.45, 7) is 5.35. The Hall–Kier alpha value is -1.80. The highest BCUT2D eigenvalue weighted by atomic mass is 16.5. The molecule has 112 valence electrons. The molecule has 0 aliphatic rings. The Bertz CT molecular complexity index is 548. The Morgan fingerprint density at radius 1 is 1.00 bits per heavy atom. The average molecular weight is 283 g/mol. The second-order valence-electron chi connectivity index (χ2n) is 5.22. The van der Waals surface area contributed by atoms with Gasteiger partial charge in [0.15, 0.2) is 0 Å². The quantitative estimate of drug-likeness (QED) is 0.816. The van der Waals surface area contributed by atoms with E-state index in [0.29, 0.717) is 0 Å². The van der Waals surface area contributed by atoms with E-state index in [0.717, 1.165) is 25.1 Å². The number of ether oxygens (including phenoxy) is 1. The van der Waals surface area contributed by atoms with Crippen molar-refractivity contribution in [2.24, 2.45) is 0 Å². The van der Waals surface area contributed by atoms with E-state index in [1.807, 2.05) is 12.1 Å². The van der Waals surface area contributed by atoms with Crippen molar-refractivity contribution in [3.8, 4) is 5.75 Å². The molecule has 0 radical (unpaired) electrons. The number of aryl methyl sites for hydroxylation is 1. The lowest BCUT2D eigenvalue weighted by Gasteiger charge is -2.22. The zero-order valence-corrected chi connectivity index (χ0v) is 13.2. The minimum absolute atomic E-state index is 0.173. The van der Waals surface area contributed by atoms with Crippen LogP contribution in [0.2, 0.25) is 0 Å². The molecule has 0 amide bonds. The summed E-state index contributed by atoms with van der Waals surface area (Å²) in [5.74, 6) is 0.936. The summed E-state index contributed by atoms with van der Waals surface area (Å²) in [5, 5.41) is 3.63. The maximum absolute atomic E-state index is 5.53. The molecule has 1 N–H and O–H groups in total. The molecule has 2 aromatic carbocycles. The molecule has 0 aliphatic carbocycles. The highest BCUT2D eigenvalue weighted by Gasteiger charge is 2.17. The topological polar surface area (TPSA) is 21.3 Å². The van der Waals surface area contributed by atoms with Crippen molar-refractivity contribution in [1.82, 2.24) is 5.32 Å². The van der Waals surface area contributed by atoms with Crippen molar-refractivity contribution < 1.29 is 4.74 Å². The number of rotatable bonds is 7. The first kappa shape index (κ1) is 15.6. The van der Waals surface area contributed by atoms with Gasteiger partial charge in [0.05, 0.1) is 13.2 Å². The van der Waals surface area contributed by atoms with Crippen LogP contribution in [0.5, 0.6) is 5.75 Å². The summed E-state index contributed by atoms with van der Waals surface area (Å²) in [5.41, 5.74) is 3.84. The van der Waals surface area contributed by atoms with E-state index in [4.69, 9.17) is 4.74 Å². The molecule has 2 aromatic rings. The Kier molecular flexibility index (Phi) is 5.82. The fourth-order valence-corrected chi connectivity index (χ4v) is 2.55. The van der Waals surface area contributed by atoms with Crippen molar-refractivity contribution in [3.05, 3.63) is 65.2 Å². The van der Waals surface area contributed by atoms with E-state index in [-0.39, 0.29) is 6.04 Å². The highest BCUT2D eigenvalue weighted by Crippen LogP contribution is 2.30. The smallest absolute Gasteiger partial charge is 0.123 e. The Labute approximate surface area is 128 Å². The number of benzene rings is 2. The van der Waals surface area contributed by atoms with Crippen LogP contribution in [-0.2, 0) is 6.42 Å². The molecule has 2 heteroatoms. The average Bonchev–Trinajstić information content (AvgIpc) is 2.56. The summed E-state index contributed by atoms with van der Waals surface area (Å²) in [6, 6.07) is 17.3. The first-order valence-corrected chi connectivity index (χ1v) is 7.75. The van der Waals surface area contributed by atoms with E-state index in [1.165, 1.54) is 16.7 Å². The summed E-state index contributed by atoms with van der Waals surface area (Å²) in [7, 11) is 1.73. The monoisotopic (exact) mass is 283 g/mol. The molecule has 1 atom stereocenters. The zero-order chi connectivity index (χ0) is 15.1. The van der Waals surface area contributed by atoms with Crippen molar-refractivity contribution in [2.75, 3.05) is 13.7 Å². The summed E-state index contributed by atoms with van der Waals surface area (Å²) in [4.78, 5) is 0. The molecular formula is C19H25NO. The lowest BCUT2D eigenvalue weighted by Crippen LogP contribution is -2.23. The third-order valence-corrected chi connectivity index (χ3v) is 3.77. The molecule has 2 rings (SSSR count). The van der Waals surface area contributed by atoms with Gasteiger partial charge in [0, 0.05) is 5.56 Å². The molecular weight excluding hydrogens is 258 g/mol. The molecule has 21 heavy (non-hydrogen) atoms. The van der Waals surface area contributed by atoms with E-state index in [2.05, 4.69) is 55.6 Å². The van der Waals surface area contributed by atoms with Crippen LogP contribution >= 0.6 is 0 Å². The molecule has 0 fully saturated rings. The predicted molar refractivity (Wildman–Crippen MR) is 89.0 cm³/mol. The summed E-state index contributed by atoms with van der Waals surface area (Å²) < 4.78 is 5.53. The van der Waals surface area contributed by atoms with Gasteiger partial charge in [-0.1, -0.05) is 56.3 Å². The van der Waals surface area contributed by atoms with Crippen molar-refractivity contribution in [3.63, 3.8) is 0 Å². The largest absolute Gasteiger partial charge is 0.496 e. The minimum Gasteiger partial charge on any atom is -0.496 e. The van der Waals surface area contributed by atoms with Crippen LogP contribution in [0.4, 0.5) is 0 Å². The van der Waals surface area contributed by atoms with Crippen LogP contribution in [-0.4, -0.2) is 13.7 Å². The van der Waals surface area contributed by atoms with Crippen LogP contribution in [0.25, 0.3) is 0 Å². The summed E-state index contributed by atoms with van der Waals surface area (Å²) in [6.07, 6.45) is 2.18. The van der Waals surface area contributed by atoms with Crippen LogP contribution in [0.15, 0.2) is 48.5 Å². The number of methoxy groups -OCH3 is 1. The second-order valence-corrected chi connectivity index (χ2v) is 5.22. The maximum Gasteiger partial charge on any atom is 0.123 e. The van der Waals surface area contributed by atoms with E-state index in [1.54, 1.807) is 7.11 Å². The third kappa shape index (κ3) is 3.85. The van der Waals surface area contributed by atoms with Crippen molar-refractivity contribution in [2.45, 2.75) is 32.7 Å². The Balaban J connectivity index is 2.36. The van der Waals surface area contributed by atoms with Gasteiger partial charge in [-0.05, 0) is 36.6 Å². The third-order valence-electron chi connectivity index (χ3n) is 3.77. The molecule has 0 spiro atoms. The first-order valence-electron chi connectivity index (χ1n) is 7.75. The fourth-order valence-electron chi connectivity index (χ4n) is 2.55. The van der Waals surface area contributed by atoms with Crippen LogP contribution in [0.3, 0.4) is 0 Å². The van der Waals surface area contributed by atoms with Gasteiger partial charge >= 0.3 is 0 Å². The first-order chi connectivity index (χ1) is 10.3. The highest BCUT2D eigenvalue weighted by molar-refractivity contribution is 5.42. The molecule has 0 heterocycles. The number of hydrogen-bond donors (Lipinski definition) is 1. The molecule has 0 aliphatic heterocycles. The Morgan fingerprint density at radius 3 is 2.33 bits per heavy atom. The molecule has 0 bridgehead atoms. The van der Waals surface area contributed by atoms with Gasteiger partial charge in [0.25, 0.3) is 0 Å². The second kappa shape index (κ2) is 7.84. The SMILES string of the molecule is CCCNC(c1ccc(CC)cc1)c1ccccc1OC. The fraction of sp³-hybridized carbons (Fsp3) is 0.368. The molecule has 0 aromatic heterocycles. The molecule has 0 saturated heterocycles. The van der Waals surface area contributed by atoms with Gasteiger partial charge in [-0.15, -0.1) is 0 Å². The van der Waals surface area contributed by atoms with Gasteiger partial charge in [-0.25, -0.2) is 0 Å². The van der Waals surface area contributed by atoms with Gasteiger partial charge in [0.2, 0.25) is 0 Å². The minimum atomic E-state index is 0.173. The molecule has 1 unspecified atom stereocenters. The van der Waals surface area contributed by atoms with E-state index < -0.39 is 0 Å². The lowest BCUT2D eigenvalue weighted by atomic mass is 9.96. The number of hydrogen-bond acceptors (Lipinski definition) is 2. The van der Waals surface area contributed by atoms with Gasteiger partial charge in [-0.2, -0.15) is 0 Å². The summed E-state index contributed by atoms with van der Waals surface area (Å²) >= 11 is 0. The lowest BCUT2D eigenvalue weighted by molar-refractivity contribution is 0.404. The van der Waals surface area contributed by atoms with Gasteiger partial charge in [-0.3, -0.25) is 0 Å². The van der Waals surface area contributed by atoms with Crippen LogP contribution in [0, 0.1) is 0 Å². The van der Waals surface area contributed by atoms with Crippen LogP contribution in [0.1, 0.15) is 43.0 Å². The standard InChI is InChI=1S/C19H25NO/c1-4-14-20-19(16-12-10-15(5-2)11-13-16)17-8-6-7-9-18(17)21-3/h6-13,19-20H,4-5,14H2,1-3H3. The zero-order valence-electron chi connectivity index (χ0n) is 13.2. The van der Waals surface area contributed by atoms with Crippen LogP contribution < -0.4 is 10.1 Å². The number of nitrogens with one attached hydrogen (secondary N) is 1. The number of para-hydroxylation sites is 1. The van der Waals surface area contributed by atoms with Crippen molar-refractivity contribution >= 4 is 0 Å². The van der Waals surface area contributed by atoms with Gasteiger partial charge in [0.1, 0.15) is 5.75 Å². The molecule has 2 nitrogen and oxygen atoms in total. The van der Waals surface area contributed by atoms with E-state index >= 15 is 0 Å². The van der Waals surface area contributed by atoms with Crippen molar-refractivity contribution in [1.29, 1.82) is 0 Å². The maximum atomic E-state index is 5.53. The predicted octanol–water partition coefficient (Wildman–Crippen LogP) is 4.35. The molecule has 0 saturated carbocycles. The normalized spacial score (nSPS) is 12.1. The Morgan fingerprint density at radius 2 is 1.71 bits per heavy atom. The van der Waals surface area contributed by atoms with Gasteiger partial charge < -0.3 is 10.1 Å².